The van der Waals surface area contributed by atoms with Crippen LogP contribution in [-0.2, 0) is 0 Å². The topological polar surface area (TPSA) is 38.5 Å². The molecule has 0 atom stereocenters. The van der Waals surface area contributed by atoms with E-state index in [0.29, 0.717) is 6.04 Å². The van der Waals surface area contributed by atoms with E-state index in [9.17, 15) is 0 Å². The van der Waals surface area contributed by atoms with Gasteiger partial charge in [-0.2, -0.15) is 0 Å². The minimum absolute atomic E-state index is 0.385. The van der Waals surface area contributed by atoms with Gasteiger partial charge in [0, 0.05) is 24.8 Å². The fourth-order valence-corrected chi connectivity index (χ4v) is 3.60. The molecule has 1 aromatic rings. The second-order valence-electron chi connectivity index (χ2n) is 6.73. The van der Waals surface area contributed by atoms with Crippen LogP contribution < -0.4 is 15.4 Å². The normalized spacial score (nSPS) is 21.0. The molecule has 3 rings (SSSR count). The summed E-state index contributed by atoms with van der Waals surface area (Å²) in [6.45, 7) is 5.22. The van der Waals surface area contributed by atoms with Crippen molar-refractivity contribution in [3.63, 3.8) is 0 Å². The third kappa shape index (κ3) is 3.70. The van der Waals surface area contributed by atoms with Crippen molar-refractivity contribution in [2.45, 2.75) is 51.5 Å². The highest BCUT2D eigenvalue weighted by atomic mass is 16.5. The Hall–Kier alpha value is -1.22. The Balaban J connectivity index is 1.59. The molecular weight excluding hydrogens is 260 g/mol. The number of aryl methyl sites for hydroxylation is 1. The smallest absolute Gasteiger partial charge is 0.119 e. The molecule has 3 heteroatoms. The van der Waals surface area contributed by atoms with Crippen LogP contribution in [0.1, 0.15) is 44.1 Å². The summed E-state index contributed by atoms with van der Waals surface area (Å²) in [7, 11) is 0. The number of rotatable bonds is 4. The van der Waals surface area contributed by atoms with E-state index in [1.807, 2.05) is 0 Å². The van der Waals surface area contributed by atoms with Crippen molar-refractivity contribution in [1.82, 2.24) is 0 Å². The molecule has 2 fully saturated rings. The first-order valence-corrected chi connectivity index (χ1v) is 8.46. The summed E-state index contributed by atoms with van der Waals surface area (Å²) < 4.78 is 5.99. The molecule has 1 aliphatic carbocycles. The van der Waals surface area contributed by atoms with Gasteiger partial charge in [0.05, 0.1) is 6.61 Å². The molecule has 0 radical (unpaired) electrons. The monoisotopic (exact) mass is 288 g/mol. The number of hydrogen-bond donors (Lipinski definition) is 1. The average molecular weight is 288 g/mol. The molecule has 1 aromatic carbocycles. The minimum atomic E-state index is 0.385. The fraction of sp³-hybridized carbons (Fsp3) is 0.667. The molecule has 1 saturated heterocycles. The van der Waals surface area contributed by atoms with E-state index in [-0.39, 0.29) is 0 Å². The standard InChI is InChI=1S/C18H28N2O/c1-14-12-17(21-13-15-4-2-3-5-15)6-7-18(14)20-10-8-16(19)9-11-20/h6-7,12,15-16H,2-5,8-11,13,19H2,1H3. The number of hydrogen-bond acceptors (Lipinski definition) is 3. The summed E-state index contributed by atoms with van der Waals surface area (Å²) >= 11 is 0. The van der Waals surface area contributed by atoms with Crippen LogP contribution in [0.25, 0.3) is 0 Å². The van der Waals surface area contributed by atoms with Crippen molar-refractivity contribution in [2.24, 2.45) is 11.7 Å². The molecule has 1 saturated carbocycles. The van der Waals surface area contributed by atoms with E-state index in [0.717, 1.165) is 44.2 Å². The zero-order chi connectivity index (χ0) is 14.7. The first kappa shape index (κ1) is 14.7. The summed E-state index contributed by atoms with van der Waals surface area (Å²) in [4.78, 5) is 2.46. The van der Waals surface area contributed by atoms with Gasteiger partial charge in [-0.1, -0.05) is 12.8 Å². The molecule has 0 spiro atoms. The lowest BCUT2D eigenvalue weighted by Gasteiger charge is -2.33. The molecule has 0 unspecified atom stereocenters. The van der Waals surface area contributed by atoms with Gasteiger partial charge < -0.3 is 15.4 Å². The predicted octanol–water partition coefficient (Wildman–Crippen LogP) is 3.49. The zero-order valence-electron chi connectivity index (χ0n) is 13.2. The quantitative estimate of drug-likeness (QED) is 0.921. The van der Waals surface area contributed by atoms with Crippen molar-refractivity contribution < 1.29 is 4.74 Å². The van der Waals surface area contributed by atoms with Gasteiger partial charge >= 0.3 is 0 Å². The molecule has 1 heterocycles. The number of anilines is 1. The van der Waals surface area contributed by atoms with Crippen LogP contribution in [0.15, 0.2) is 18.2 Å². The molecule has 2 aliphatic rings. The highest BCUT2D eigenvalue weighted by molar-refractivity contribution is 5.56. The highest BCUT2D eigenvalue weighted by Crippen LogP contribution is 2.29. The fourth-order valence-electron chi connectivity index (χ4n) is 3.60. The predicted molar refractivity (Wildman–Crippen MR) is 88.1 cm³/mol. The van der Waals surface area contributed by atoms with Crippen molar-refractivity contribution in [3.8, 4) is 5.75 Å². The Morgan fingerprint density at radius 2 is 1.86 bits per heavy atom. The van der Waals surface area contributed by atoms with Crippen LogP contribution >= 0.6 is 0 Å². The Bertz CT molecular complexity index is 460. The molecule has 3 nitrogen and oxygen atoms in total. The van der Waals surface area contributed by atoms with E-state index in [1.54, 1.807) is 0 Å². The SMILES string of the molecule is Cc1cc(OCC2CCCC2)ccc1N1CCC(N)CC1. The molecule has 0 aromatic heterocycles. The van der Waals surface area contributed by atoms with Gasteiger partial charge in [0.2, 0.25) is 0 Å². The van der Waals surface area contributed by atoms with Gasteiger partial charge in [-0.25, -0.2) is 0 Å². The van der Waals surface area contributed by atoms with Crippen molar-refractivity contribution in [3.05, 3.63) is 23.8 Å². The largest absolute Gasteiger partial charge is 0.493 e. The molecule has 116 valence electrons. The van der Waals surface area contributed by atoms with Crippen LogP contribution in [0.5, 0.6) is 5.75 Å². The van der Waals surface area contributed by atoms with Gasteiger partial charge in [0.25, 0.3) is 0 Å². The van der Waals surface area contributed by atoms with E-state index in [1.165, 1.54) is 36.9 Å². The lowest BCUT2D eigenvalue weighted by Crippen LogP contribution is -2.39. The summed E-state index contributed by atoms with van der Waals surface area (Å²) in [5.41, 5.74) is 8.65. The zero-order valence-corrected chi connectivity index (χ0v) is 13.2. The average Bonchev–Trinajstić information content (AvgIpc) is 3.00. The van der Waals surface area contributed by atoms with Crippen molar-refractivity contribution >= 4 is 5.69 Å². The van der Waals surface area contributed by atoms with Gasteiger partial charge in [-0.15, -0.1) is 0 Å². The maximum Gasteiger partial charge on any atom is 0.119 e. The first-order valence-electron chi connectivity index (χ1n) is 8.46. The summed E-state index contributed by atoms with van der Waals surface area (Å²) in [6.07, 6.45) is 7.63. The summed E-state index contributed by atoms with van der Waals surface area (Å²) in [5, 5.41) is 0. The number of benzene rings is 1. The summed E-state index contributed by atoms with van der Waals surface area (Å²) in [5.74, 6) is 1.80. The molecule has 0 bridgehead atoms. The second-order valence-corrected chi connectivity index (χ2v) is 6.73. The lowest BCUT2D eigenvalue weighted by molar-refractivity contribution is 0.252. The number of piperidine rings is 1. The van der Waals surface area contributed by atoms with E-state index in [4.69, 9.17) is 10.5 Å². The molecule has 1 aliphatic heterocycles. The van der Waals surface area contributed by atoms with Crippen molar-refractivity contribution in [2.75, 3.05) is 24.6 Å². The maximum atomic E-state index is 5.99. The highest BCUT2D eigenvalue weighted by Gasteiger charge is 2.18. The molecule has 21 heavy (non-hydrogen) atoms. The van der Waals surface area contributed by atoms with E-state index >= 15 is 0 Å². The van der Waals surface area contributed by atoms with Crippen LogP contribution in [0, 0.1) is 12.8 Å². The van der Waals surface area contributed by atoms with Gasteiger partial charge in [0.15, 0.2) is 0 Å². The lowest BCUT2D eigenvalue weighted by atomic mass is 10.0. The molecular formula is C18H28N2O. The number of ether oxygens (including phenoxy) is 1. The maximum absolute atomic E-state index is 5.99. The Kier molecular flexibility index (Phi) is 4.69. The molecule has 0 amide bonds. The minimum Gasteiger partial charge on any atom is -0.493 e. The van der Waals surface area contributed by atoms with Gasteiger partial charge in [-0.05, 0) is 62.3 Å². The second kappa shape index (κ2) is 6.69. The summed E-state index contributed by atoms with van der Waals surface area (Å²) in [6, 6.07) is 6.93. The van der Waals surface area contributed by atoms with E-state index < -0.39 is 0 Å². The third-order valence-electron chi connectivity index (χ3n) is 5.01. The Labute approximate surface area is 128 Å². The van der Waals surface area contributed by atoms with Gasteiger partial charge in [0.1, 0.15) is 5.75 Å². The van der Waals surface area contributed by atoms with E-state index in [2.05, 4.69) is 30.0 Å². The first-order chi connectivity index (χ1) is 10.2. The Morgan fingerprint density at radius 1 is 1.14 bits per heavy atom. The number of nitrogens with two attached hydrogens (primary N) is 1. The van der Waals surface area contributed by atoms with Gasteiger partial charge in [-0.3, -0.25) is 0 Å². The van der Waals surface area contributed by atoms with Crippen LogP contribution in [0.3, 0.4) is 0 Å². The Morgan fingerprint density at radius 3 is 2.52 bits per heavy atom. The van der Waals surface area contributed by atoms with Crippen LogP contribution in [0.2, 0.25) is 0 Å². The van der Waals surface area contributed by atoms with Crippen LogP contribution in [0.4, 0.5) is 5.69 Å². The molecule has 2 N–H and O–H groups in total. The number of nitrogens with zero attached hydrogens (tertiary/aromatic N) is 1. The van der Waals surface area contributed by atoms with Crippen LogP contribution in [-0.4, -0.2) is 25.7 Å². The van der Waals surface area contributed by atoms with Crippen molar-refractivity contribution in [1.29, 1.82) is 0 Å². The third-order valence-corrected chi connectivity index (χ3v) is 5.01.